The molecule has 1 unspecified atom stereocenters. The van der Waals surface area contributed by atoms with Gasteiger partial charge in [-0.1, -0.05) is 32.9 Å². The normalized spacial score (nSPS) is 24.6. The van der Waals surface area contributed by atoms with Crippen molar-refractivity contribution >= 4 is 45.8 Å². The Balaban J connectivity index is 1.28. The number of anilines is 1. The molecule has 0 radical (unpaired) electrons. The van der Waals surface area contributed by atoms with E-state index in [0.29, 0.717) is 12.1 Å². The number of Topliss-reactive ketones (excluding diaryl/α,β-unsaturated/α-hetero) is 1. The van der Waals surface area contributed by atoms with Crippen LogP contribution in [0.1, 0.15) is 31.1 Å². The third-order valence-corrected chi connectivity index (χ3v) is 9.75. The molecule has 1 N–H and O–H groups in total. The van der Waals surface area contributed by atoms with Crippen LogP contribution in [-0.2, 0) is 14.3 Å². The second-order valence-corrected chi connectivity index (χ2v) is 13.5. The summed E-state index contributed by atoms with van der Waals surface area (Å²) in [4.78, 5) is 50.8. The molecule has 4 atom stereocenters. The summed E-state index contributed by atoms with van der Waals surface area (Å²) in [5, 5.41) is 6.08. The van der Waals surface area contributed by atoms with Gasteiger partial charge in [0.15, 0.2) is 10.9 Å². The van der Waals surface area contributed by atoms with Crippen LogP contribution >= 0.6 is 23.1 Å². The molecule has 0 aliphatic carbocycles. The number of nitrogens with one attached hydrogen (secondary N) is 1. The highest BCUT2D eigenvalue weighted by atomic mass is 32.2. The first-order chi connectivity index (χ1) is 18.6. The van der Waals surface area contributed by atoms with Crippen molar-refractivity contribution in [3.63, 3.8) is 0 Å². The summed E-state index contributed by atoms with van der Waals surface area (Å²) in [6.07, 6.45) is 1.68. The number of thioether (sulfide) groups is 1. The van der Waals surface area contributed by atoms with Gasteiger partial charge >= 0.3 is 0 Å². The number of thiazole rings is 1. The van der Waals surface area contributed by atoms with Crippen LogP contribution in [0.2, 0.25) is 0 Å². The van der Waals surface area contributed by atoms with E-state index in [1.165, 1.54) is 0 Å². The topological polar surface area (TPSA) is 95.1 Å². The Morgan fingerprint density at radius 3 is 2.49 bits per heavy atom. The van der Waals surface area contributed by atoms with Crippen LogP contribution in [-0.4, -0.2) is 108 Å². The number of amides is 2. The lowest BCUT2D eigenvalue weighted by Crippen LogP contribution is -2.57. The van der Waals surface area contributed by atoms with E-state index in [9.17, 15) is 14.4 Å². The third-order valence-electron chi connectivity index (χ3n) is 7.82. The van der Waals surface area contributed by atoms with E-state index in [2.05, 4.69) is 27.5 Å². The summed E-state index contributed by atoms with van der Waals surface area (Å²) in [6.45, 7) is 10.2. The SMILES string of the molecule is CS[C@H]1CN(C(=O)C(NC(=O)c2ccc(-c3csc(N4CCN(C)CC4)n3)cc2)C(C)(C)C)[C@@H]2C(=O)CO[C@H]12. The second kappa shape index (κ2) is 11.2. The number of likely N-dealkylation sites (tertiary alicyclic amines) is 1. The van der Waals surface area contributed by atoms with Gasteiger partial charge in [-0.15, -0.1) is 11.3 Å². The van der Waals surface area contributed by atoms with Crippen molar-refractivity contribution in [2.24, 2.45) is 5.41 Å². The number of nitrogens with zero attached hydrogens (tertiary/aromatic N) is 4. The first-order valence-electron chi connectivity index (χ1n) is 13.3. The maximum Gasteiger partial charge on any atom is 0.251 e. The molecule has 11 heteroatoms. The molecule has 2 amide bonds. The van der Waals surface area contributed by atoms with E-state index in [1.807, 2.05) is 39.2 Å². The molecule has 1 aromatic heterocycles. The number of likely N-dealkylation sites (N-methyl/N-ethyl adjacent to an activating group) is 1. The summed E-state index contributed by atoms with van der Waals surface area (Å²) in [7, 11) is 2.13. The Labute approximate surface area is 238 Å². The number of ether oxygens (including phenoxy) is 1. The highest BCUT2D eigenvalue weighted by molar-refractivity contribution is 7.99. The number of carbonyl (C=O) groups excluding carboxylic acids is 3. The Morgan fingerprint density at radius 2 is 1.85 bits per heavy atom. The first-order valence-corrected chi connectivity index (χ1v) is 15.5. The molecule has 39 heavy (non-hydrogen) atoms. The second-order valence-electron chi connectivity index (χ2n) is 11.6. The number of benzene rings is 1. The predicted molar refractivity (Wildman–Crippen MR) is 156 cm³/mol. The van der Waals surface area contributed by atoms with Crippen LogP contribution in [0, 0.1) is 5.41 Å². The molecule has 5 rings (SSSR count). The number of aromatic nitrogens is 1. The van der Waals surface area contributed by atoms with Gasteiger partial charge in [-0.25, -0.2) is 4.98 Å². The molecule has 3 fully saturated rings. The molecule has 210 valence electrons. The maximum absolute atomic E-state index is 13.8. The van der Waals surface area contributed by atoms with E-state index >= 15 is 0 Å². The zero-order chi connectivity index (χ0) is 27.9. The van der Waals surface area contributed by atoms with Crippen LogP contribution in [0.15, 0.2) is 29.6 Å². The van der Waals surface area contributed by atoms with Crippen molar-refractivity contribution < 1.29 is 19.1 Å². The average Bonchev–Trinajstić information content (AvgIpc) is 3.64. The Kier molecular flexibility index (Phi) is 8.05. The van der Waals surface area contributed by atoms with E-state index in [-0.39, 0.29) is 35.6 Å². The van der Waals surface area contributed by atoms with Gasteiger partial charge < -0.3 is 24.8 Å². The fraction of sp³-hybridized carbons (Fsp3) is 0.571. The van der Waals surface area contributed by atoms with Crippen molar-refractivity contribution in [3.05, 3.63) is 35.2 Å². The lowest BCUT2D eigenvalue weighted by molar-refractivity contribution is -0.140. The fourth-order valence-corrected chi connectivity index (χ4v) is 7.10. The number of rotatable bonds is 6. The van der Waals surface area contributed by atoms with Gasteiger partial charge in [0.25, 0.3) is 5.91 Å². The minimum absolute atomic E-state index is 0.0327. The number of hydrogen-bond acceptors (Lipinski definition) is 9. The van der Waals surface area contributed by atoms with Crippen molar-refractivity contribution in [2.75, 3.05) is 57.5 Å². The minimum atomic E-state index is -0.788. The first kappa shape index (κ1) is 28.1. The lowest BCUT2D eigenvalue weighted by Gasteiger charge is -2.35. The van der Waals surface area contributed by atoms with Crippen LogP contribution in [0.4, 0.5) is 5.13 Å². The summed E-state index contributed by atoms with van der Waals surface area (Å²) in [5.74, 6) is -0.633. The van der Waals surface area contributed by atoms with Gasteiger partial charge in [-0.05, 0) is 30.9 Å². The molecule has 0 bridgehead atoms. The van der Waals surface area contributed by atoms with Crippen molar-refractivity contribution in [3.8, 4) is 11.3 Å². The number of fused-ring (bicyclic) bond motifs is 1. The van der Waals surface area contributed by atoms with E-state index in [1.54, 1.807) is 40.1 Å². The molecule has 9 nitrogen and oxygen atoms in total. The molecule has 2 aromatic rings. The zero-order valence-electron chi connectivity index (χ0n) is 23.2. The maximum atomic E-state index is 13.8. The molecule has 1 aromatic carbocycles. The van der Waals surface area contributed by atoms with Gasteiger partial charge in [-0.2, -0.15) is 11.8 Å². The summed E-state index contributed by atoms with van der Waals surface area (Å²) >= 11 is 3.24. The third kappa shape index (κ3) is 5.73. The molecule has 4 heterocycles. The van der Waals surface area contributed by atoms with E-state index in [4.69, 9.17) is 9.72 Å². The Bertz CT molecular complexity index is 1220. The Morgan fingerprint density at radius 1 is 1.15 bits per heavy atom. The van der Waals surface area contributed by atoms with Crippen LogP contribution in [0.3, 0.4) is 0 Å². The number of piperazine rings is 1. The lowest BCUT2D eigenvalue weighted by atomic mass is 9.85. The average molecular weight is 572 g/mol. The highest BCUT2D eigenvalue weighted by Gasteiger charge is 2.53. The van der Waals surface area contributed by atoms with Crippen LogP contribution < -0.4 is 10.2 Å². The summed E-state index contributed by atoms with van der Waals surface area (Å²) < 4.78 is 5.72. The minimum Gasteiger partial charge on any atom is -0.367 e. The van der Waals surface area contributed by atoms with Crippen molar-refractivity contribution in [1.29, 1.82) is 0 Å². The summed E-state index contributed by atoms with van der Waals surface area (Å²) in [6, 6.07) is 5.97. The van der Waals surface area contributed by atoms with Crippen molar-refractivity contribution in [1.82, 2.24) is 20.1 Å². The molecule has 0 spiro atoms. The monoisotopic (exact) mass is 571 g/mol. The van der Waals surface area contributed by atoms with Crippen LogP contribution in [0.5, 0.6) is 0 Å². The molecule has 3 aliphatic heterocycles. The standard InChI is InChI=1S/C28H37N5O4S2/c1-28(2,3)24(26(36)33-14-21(38-5)23-22(33)20(34)15-37-23)30-25(35)18-8-6-17(7-9-18)19-16-39-27(29-19)32-12-10-31(4)11-13-32/h6-9,16,21-24H,10-15H2,1-5H3,(H,30,35)/t21-,22+,23+,24?/m0/s1. The number of hydrogen-bond donors (Lipinski definition) is 1. The van der Waals surface area contributed by atoms with Gasteiger partial charge in [0.2, 0.25) is 5.91 Å². The largest absolute Gasteiger partial charge is 0.367 e. The molecule has 3 aliphatic rings. The smallest absolute Gasteiger partial charge is 0.251 e. The predicted octanol–water partition coefficient (Wildman–Crippen LogP) is 2.62. The van der Waals surface area contributed by atoms with E-state index in [0.717, 1.165) is 42.6 Å². The molecule has 0 saturated carbocycles. The highest BCUT2D eigenvalue weighted by Crippen LogP contribution is 2.35. The fourth-order valence-electron chi connectivity index (χ4n) is 5.41. The number of ketones is 1. The van der Waals surface area contributed by atoms with Gasteiger partial charge in [0.1, 0.15) is 18.7 Å². The molecular weight excluding hydrogens is 534 g/mol. The van der Waals surface area contributed by atoms with Crippen LogP contribution in [0.25, 0.3) is 11.3 Å². The van der Waals surface area contributed by atoms with Crippen molar-refractivity contribution in [2.45, 2.75) is 44.2 Å². The van der Waals surface area contributed by atoms with E-state index < -0.39 is 17.5 Å². The molecule has 3 saturated heterocycles. The quantitative estimate of drug-likeness (QED) is 0.566. The summed E-state index contributed by atoms with van der Waals surface area (Å²) in [5.41, 5.74) is 1.75. The molecular formula is C28H37N5O4S2. The van der Waals surface area contributed by atoms with Gasteiger partial charge in [0.05, 0.1) is 17.0 Å². The van der Waals surface area contributed by atoms with Gasteiger partial charge in [-0.3, -0.25) is 14.4 Å². The van der Waals surface area contributed by atoms with Gasteiger partial charge in [0, 0.05) is 49.2 Å². The Hall–Kier alpha value is -2.47. The number of carbonyl (C=O) groups is 3. The zero-order valence-corrected chi connectivity index (χ0v) is 24.8.